The smallest absolute Gasteiger partial charge is 0.213 e. The van der Waals surface area contributed by atoms with Crippen LogP contribution >= 0.6 is 24.0 Å². The summed E-state index contributed by atoms with van der Waals surface area (Å²) < 4.78 is 5.81. The number of hydrogen-bond donors (Lipinski definition) is 2. The number of nitrogens with zero attached hydrogens (tertiary/aromatic N) is 3. The summed E-state index contributed by atoms with van der Waals surface area (Å²) in [6.45, 7) is 10.8. The van der Waals surface area contributed by atoms with E-state index in [2.05, 4.69) is 70.5 Å². The van der Waals surface area contributed by atoms with Crippen LogP contribution in [0, 0.1) is 0 Å². The lowest BCUT2D eigenvalue weighted by Gasteiger charge is -2.28. The van der Waals surface area contributed by atoms with E-state index in [4.69, 9.17) is 4.42 Å². The van der Waals surface area contributed by atoms with Gasteiger partial charge in [-0.3, -0.25) is 9.89 Å². The van der Waals surface area contributed by atoms with Crippen molar-refractivity contribution in [3.63, 3.8) is 0 Å². The Balaban J connectivity index is 0.00000280. The number of benzene rings is 1. The zero-order valence-corrected chi connectivity index (χ0v) is 19.6. The number of rotatable bonds is 5. The topological polar surface area (TPSA) is 65.7 Å². The minimum Gasteiger partial charge on any atom is -0.443 e. The van der Waals surface area contributed by atoms with Crippen LogP contribution in [0.1, 0.15) is 43.5 Å². The van der Waals surface area contributed by atoms with E-state index in [0.29, 0.717) is 12.4 Å². The highest BCUT2D eigenvalue weighted by atomic mass is 127. The van der Waals surface area contributed by atoms with Crippen LogP contribution < -0.4 is 10.6 Å². The van der Waals surface area contributed by atoms with Gasteiger partial charge in [-0.1, -0.05) is 45.0 Å². The Morgan fingerprint density at radius 3 is 2.64 bits per heavy atom. The first kappa shape index (κ1) is 22.7. The van der Waals surface area contributed by atoms with E-state index in [1.165, 1.54) is 11.1 Å². The minimum atomic E-state index is -0.0295. The average molecular weight is 497 g/mol. The molecule has 0 atom stereocenters. The molecule has 2 aromatic rings. The third kappa shape index (κ3) is 6.20. The van der Waals surface area contributed by atoms with Gasteiger partial charge in [-0.15, -0.1) is 24.0 Å². The summed E-state index contributed by atoms with van der Waals surface area (Å²) >= 11 is 0. The summed E-state index contributed by atoms with van der Waals surface area (Å²) in [7, 11) is 1.78. The predicted molar refractivity (Wildman–Crippen MR) is 124 cm³/mol. The zero-order chi connectivity index (χ0) is 19.3. The van der Waals surface area contributed by atoms with Crippen LogP contribution in [0.2, 0.25) is 0 Å². The molecule has 1 aliphatic heterocycles. The van der Waals surface area contributed by atoms with Crippen LogP contribution in [-0.2, 0) is 24.9 Å². The molecule has 154 valence electrons. The maximum Gasteiger partial charge on any atom is 0.213 e. The Hall–Kier alpha value is -1.61. The van der Waals surface area contributed by atoms with Crippen LogP contribution in [0.25, 0.3) is 0 Å². The number of guanidine groups is 1. The van der Waals surface area contributed by atoms with Gasteiger partial charge in [-0.2, -0.15) is 0 Å². The van der Waals surface area contributed by atoms with Crippen molar-refractivity contribution in [2.45, 2.75) is 45.7 Å². The first-order chi connectivity index (χ1) is 13.0. The Labute approximate surface area is 185 Å². The van der Waals surface area contributed by atoms with Crippen molar-refractivity contribution < 1.29 is 4.42 Å². The molecule has 1 aliphatic rings. The van der Waals surface area contributed by atoms with Gasteiger partial charge in [-0.05, 0) is 17.5 Å². The summed E-state index contributed by atoms with van der Waals surface area (Å²) in [4.78, 5) is 11.1. The van der Waals surface area contributed by atoms with Crippen molar-refractivity contribution >= 4 is 29.9 Å². The van der Waals surface area contributed by atoms with Gasteiger partial charge in [-0.25, -0.2) is 4.98 Å². The fraction of sp³-hybridized carbons (Fsp3) is 0.524. The molecule has 0 saturated carbocycles. The van der Waals surface area contributed by atoms with Crippen LogP contribution in [0.15, 0.2) is 39.9 Å². The third-order valence-corrected chi connectivity index (χ3v) is 4.85. The molecular formula is C21H32IN5O. The Kier molecular flexibility index (Phi) is 8.30. The SMILES string of the molecule is CN=C(NCCN1CCc2ccccc2C1)NCc1ncc(C(C)(C)C)o1.I. The summed E-state index contributed by atoms with van der Waals surface area (Å²) in [6, 6.07) is 8.73. The molecule has 0 saturated heterocycles. The first-order valence-corrected chi connectivity index (χ1v) is 9.64. The van der Waals surface area contributed by atoms with Crippen molar-refractivity contribution in [2.24, 2.45) is 4.99 Å². The maximum absolute atomic E-state index is 5.81. The fourth-order valence-corrected chi connectivity index (χ4v) is 3.20. The molecule has 2 heterocycles. The molecule has 28 heavy (non-hydrogen) atoms. The molecule has 7 heteroatoms. The number of hydrogen-bond acceptors (Lipinski definition) is 4. The normalized spacial score (nSPS) is 14.9. The van der Waals surface area contributed by atoms with E-state index in [-0.39, 0.29) is 29.4 Å². The van der Waals surface area contributed by atoms with Gasteiger partial charge in [0.05, 0.1) is 12.7 Å². The lowest BCUT2D eigenvalue weighted by atomic mass is 9.94. The summed E-state index contributed by atoms with van der Waals surface area (Å²) in [5.41, 5.74) is 2.91. The van der Waals surface area contributed by atoms with E-state index in [9.17, 15) is 0 Å². The van der Waals surface area contributed by atoms with Crippen molar-refractivity contribution in [3.8, 4) is 0 Å². The molecule has 1 aromatic heterocycles. The van der Waals surface area contributed by atoms with Crippen molar-refractivity contribution in [1.29, 1.82) is 0 Å². The molecule has 2 N–H and O–H groups in total. The molecule has 6 nitrogen and oxygen atoms in total. The highest BCUT2D eigenvalue weighted by molar-refractivity contribution is 14.0. The minimum absolute atomic E-state index is 0. The van der Waals surface area contributed by atoms with E-state index < -0.39 is 0 Å². The van der Waals surface area contributed by atoms with Crippen molar-refractivity contribution in [3.05, 3.63) is 53.2 Å². The monoisotopic (exact) mass is 497 g/mol. The van der Waals surface area contributed by atoms with Gasteiger partial charge in [0.25, 0.3) is 0 Å². The van der Waals surface area contributed by atoms with Crippen LogP contribution in [0.4, 0.5) is 0 Å². The quantitative estimate of drug-likeness (QED) is 0.377. The second-order valence-corrected chi connectivity index (χ2v) is 8.02. The van der Waals surface area contributed by atoms with Crippen molar-refractivity contribution in [2.75, 3.05) is 26.7 Å². The first-order valence-electron chi connectivity index (χ1n) is 9.64. The maximum atomic E-state index is 5.81. The van der Waals surface area contributed by atoms with Gasteiger partial charge in [0.15, 0.2) is 5.96 Å². The van der Waals surface area contributed by atoms with Gasteiger partial charge in [0.2, 0.25) is 5.89 Å². The Morgan fingerprint density at radius 2 is 1.96 bits per heavy atom. The molecule has 0 aliphatic carbocycles. The number of oxazole rings is 1. The highest BCUT2D eigenvalue weighted by Gasteiger charge is 2.19. The Bertz CT molecular complexity index is 781. The fourth-order valence-electron chi connectivity index (χ4n) is 3.20. The lowest BCUT2D eigenvalue weighted by Crippen LogP contribution is -2.42. The van der Waals surface area contributed by atoms with E-state index in [1.807, 2.05) is 0 Å². The van der Waals surface area contributed by atoms with Gasteiger partial charge in [0.1, 0.15) is 5.76 Å². The van der Waals surface area contributed by atoms with Crippen LogP contribution in [-0.4, -0.2) is 42.5 Å². The predicted octanol–water partition coefficient (Wildman–Crippen LogP) is 3.31. The molecule has 3 rings (SSSR count). The molecular weight excluding hydrogens is 465 g/mol. The third-order valence-electron chi connectivity index (χ3n) is 4.85. The van der Waals surface area contributed by atoms with E-state index >= 15 is 0 Å². The van der Waals surface area contributed by atoms with Crippen LogP contribution in [0.3, 0.4) is 0 Å². The average Bonchev–Trinajstić information content (AvgIpc) is 3.14. The lowest BCUT2D eigenvalue weighted by molar-refractivity contribution is 0.258. The second kappa shape index (κ2) is 10.2. The van der Waals surface area contributed by atoms with E-state index in [1.54, 1.807) is 13.2 Å². The molecule has 0 radical (unpaired) electrons. The summed E-state index contributed by atoms with van der Waals surface area (Å²) in [6.07, 6.45) is 2.94. The van der Waals surface area contributed by atoms with Crippen molar-refractivity contribution in [1.82, 2.24) is 20.5 Å². The number of aliphatic imine (C=N–C) groups is 1. The van der Waals surface area contributed by atoms with E-state index in [0.717, 1.165) is 44.3 Å². The van der Waals surface area contributed by atoms with Gasteiger partial charge in [0, 0.05) is 38.6 Å². The zero-order valence-electron chi connectivity index (χ0n) is 17.3. The Morgan fingerprint density at radius 1 is 1.21 bits per heavy atom. The summed E-state index contributed by atoms with van der Waals surface area (Å²) in [5.74, 6) is 2.34. The largest absolute Gasteiger partial charge is 0.443 e. The molecule has 0 unspecified atom stereocenters. The highest BCUT2D eigenvalue weighted by Crippen LogP contribution is 2.22. The summed E-state index contributed by atoms with van der Waals surface area (Å²) in [5, 5.41) is 6.64. The second-order valence-electron chi connectivity index (χ2n) is 8.02. The molecule has 0 fully saturated rings. The number of nitrogens with one attached hydrogen (secondary N) is 2. The number of halogens is 1. The molecule has 0 bridgehead atoms. The van der Waals surface area contributed by atoms with Crippen LogP contribution in [0.5, 0.6) is 0 Å². The molecule has 0 amide bonds. The van der Waals surface area contributed by atoms with Gasteiger partial charge < -0.3 is 15.1 Å². The number of aromatic nitrogens is 1. The number of fused-ring (bicyclic) bond motifs is 1. The standard InChI is InChI=1S/C21H31N5O.HI/c1-21(2,3)18-13-24-19(27-18)14-25-20(22-4)23-10-12-26-11-9-16-7-5-6-8-17(16)15-26;/h5-8,13H,9-12,14-15H2,1-4H3,(H2,22,23,25);1H. The van der Waals surface area contributed by atoms with Gasteiger partial charge >= 0.3 is 0 Å². The molecule has 0 spiro atoms. The molecule has 1 aromatic carbocycles.